The maximum atomic E-state index is 14.1. The van der Waals surface area contributed by atoms with Gasteiger partial charge in [-0.1, -0.05) is 30.3 Å². The summed E-state index contributed by atoms with van der Waals surface area (Å²) in [6.45, 7) is 0.365. The largest absolute Gasteiger partial charge is 0.505 e. The molecule has 0 spiro atoms. The summed E-state index contributed by atoms with van der Waals surface area (Å²) < 4.78 is 0. The Labute approximate surface area is 237 Å². The van der Waals surface area contributed by atoms with Crippen LogP contribution in [0.15, 0.2) is 36.4 Å². The summed E-state index contributed by atoms with van der Waals surface area (Å²) in [7, 11) is 6.72. The molecule has 41 heavy (non-hydrogen) atoms. The number of aromatic hydroxyl groups is 1. The highest BCUT2D eigenvalue weighted by atomic mass is 16.3. The Morgan fingerprint density at radius 2 is 1.73 bits per heavy atom. The van der Waals surface area contributed by atoms with Gasteiger partial charge in [-0.3, -0.25) is 28.9 Å². The Balaban J connectivity index is 1.60. The number of nitrogens with one attached hydrogen (secondary N) is 1. The third-order valence-corrected chi connectivity index (χ3v) is 8.85. The Bertz CT molecular complexity index is 1470. The van der Waals surface area contributed by atoms with Crippen molar-refractivity contribution in [1.82, 2.24) is 4.90 Å². The molecule has 5 N–H and O–H groups in total. The molecule has 6 atom stereocenters. The number of carbonyl (C=O) groups is 5. The number of hydrogen-bond acceptors (Lipinski definition) is 10. The van der Waals surface area contributed by atoms with E-state index in [0.29, 0.717) is 23.5 Å². The molecular weight excluding hydrogens is 528 g/mol. The molecular formula is C30H34N4O7. The Hall–Kier alpha value is -4.09. The molecule has 3 unspecified atom stereocenters. The highest BCUT2D eigenvalue weighted by molar-refractivity contribution is 6.32. The number of hydrogen-bond donors (Lipinski definition) is 4. The number of fused-ring (bicyclic) bond motifs is 3. The van der Waals surface area contributed by atoms with Gasteiger partial charge in [-0.15, -0.1) is 0 Å². The fourth-order valence-electron chi connectivity index (χ4n) is 6.98. The molecule has 11 nitrogen and oxygen atoms in total. The number of phenolic OH excluding ortho intramolecular Hbond substituents is 1. The minimum Gasteiger partial charge on any atom is -0.505 e. The second-order valence-corrected chi connectivity index (χ2v) is 11.7. The summed E-state index contributed by atoms with van der Waals surface area (Å²) in [5.41, 5.74) is 5.04. The van der Waals surface area contributed by atoms with Crippen molar-refractivity contribution in [1.29, 1.82) is 0 Å². The molecule has 0 aromatic heterocycles. The number of nitrogens with zero attached hydrogens (tertiary/aromatic N) is 2. The van der Waals surface area contributed by atoms with Gasteiger partial charge in [0.1, 0.15) is 5.75 Å². The molecule has 216 valence electrons. The van der Waals surface area contributed by atoms with Crippen LogP contribution < -0.4 is 16.0 Å². The van der Waals surface area contributed by atoms with Crippen LogP contribution in [0, 0.1) is 23.7 Å². The van der Waals surface area contributed by atoms with E-state index in [4.69, 9.17) is 5.73 Å². The highest BCUT2D eigenvalue weighted by Gasteiger charge is 2.69. The molecule has 0 saturated heterocycles. The number of carbonyl (C=O) groups excluding carboxylic acids is 5. The molecule has 11 heteroatoms. The standard InChI is InChI=1S/C30H34N4O7/c1-33(2)19-12-18(32-13-14-8-6-5-7-9-14)24(35)21-16(19)10-15-11-17-23(34(3)4)26(37)22(29(31)40)28(39)30(17,41)27(38)20(15)25(21)36/h5-9,12,15,17,20,22-23,32,35,41H,10-11,13H2,1-4H3,(H2,31,40)/t15-,17-,20?,22?,23?,30-/m1/s1. The lowest BCUT2D eigenvalue weighted by atomic mass is 9.52. The summed E-state index contributed by atoms with van der Waals surface area (Å²) in [5.74, 6) is -10.6. The van der Waals surface area contributed by atoms with Crippen LogP contribution in [0.2, 0.25) is 0 Å². The third-order valence-electron chi connectivity index (χ3n) is 8.85. The average molecular weight is 563 g/mol. The van der Waals surface area contributed by atoms with Gasteiger partial charge in [0.15, 0.2) is 34.7 Å². The van der Waals surface area contributed by atoms with Gasteiger partial charge in [-0.05, 0) is 50.0 Å². The molecule has 3 aliphatic rings. The normalized spacial score (nSPS) is 29.1. The minimum atomic E-state index is -2.75. The van der Waals surface area contributed by atoms with Crippen molar-refractivity contribution in [3.63, 3.8) is 0 Å². The number of phenols is 1. The number of nitrogens with two attached hydrogens (primary N) is 1. The van der Waals surface area contributed by atoms with E-state index >= 15 is 0 Å². The van der Waals surface area contributed by atoms with Gasteiger partial charge >= 0.3 is 0 Å². The van der Waals surface area contributed by atoms with Crippen molar-refractivity contribution in [2.24, 2.45) is 29.4 Å². The van der Waals surface area contributed by atoms with E-state index in [1.165, 1.54) is 4.90 Å². The van der Waals surface area contributed by atoms with Gasteiger partial charge in [0.25, 0.3) is 0 Å². The molecule has 1 amide bonds. The zero-order chi connectivity index (χ0) is 30.0. The predicted octanol–water partition coefficient (Wildman–Crippen LogP) is 0.545. The lowest BCUT2D eigenvalue weighted by molar-refractivity contribution is -0.181. The topological polar surface area (TPSA) is 170 Å². The zero-order valence-corrected chi connectivity index (χ0v) is 23.4. The fourth-order valence-corrected chi connectivity index (χ4v) is 6.98. The lowest BCUT2D eigenvalue weighted by Gasteiger charge is -2.52. The number of likely N-dealkylation sites (N-methyl/N-ethyl adjacent to an activating group) is 1. The number of Topliss-reactive ketones (excluding diaryl/α,β-unsaturated/α-hetero) is 4. The van der Waals surface area contributed by atoms with E-state index in [2.05, 4.69) is 5.32 Å². The van der Waals surface area contributed by atoms with Crippen molar-refractivity contribution in [3.05, 3.63) is 53.1 Å². The number of ketones is 4. The Morgan fingerprint density at radius 1 is 1.07 bits per heavy atom. The molecule has 0 bridgehead atoms. The first-order valence-electron chi connectivity index (χ1n) is 13.5. The maximum Gasteiger partial charge on any atom is 0.235 e. The number of anilines is 2. The number of rotatable bonds is 6. The van der Waals surface area contributed by atoms with Crippen molar-refractivity contribution in [2.45, 2.75) is 31.0 Å². The summed E-state index contributed by atoms with van der Waals surface area (Å²) in [5, 5.41) is 26.2. The second-order valence-electron chi connectivity index (χ2n) is 11.7. The maximum absolute atomic E-state index is 14.1. The van der Waals surface area contributed by atoms with Crippen molar-refractivity contribution >= 4 is 40.4 Å². The monoisotopic (exact) mass is 562 g/mol. The van der Waals surface area contributed by atoms with Crippen molar-refractivity contribution < 1.29 is 34.2 Å². The molecule has 0 heterocycles. The molecule has 0 radical (unpaired) electrons. The number of primary amides is 1. The van der Waals surface area contributed by atoms with Gasteiger partial charge in [-0.2, -0.15) is 0 Å². The number of amides is 1. The lowest BCUT2D eigenvalue weighted by Crippen LogP contribution is -2.74. The van der Waals surface area contributed by atoms with Gasteiger partial charge in [0, 0.05) is 32.2 Å². The van der Waals surface area contributed by atoms with Crippen LogP contribution in [0.3, 0.4) is 0 Å². The Kier molecular flexibility index (Phi) is 6.99. The first kappa shape index (κ1) is 28.4. The smallest absolute Gasteiger partial charge is 0.235 e. The first-order chi connectivity index (χ1) is 19.3. The average Bonchev–Trinajstić information content (AvgIpc) is 2.90. The van der Waals surface area contributed by atoms with Gasteiger partial charge in [0.05, 0.1) is 23.2 Å². The summed E-state index contributed by atoms with van der Waals surface area (Å²) in [6, 6.07) is 10.1. The van der Waals surface area contributed by atoms with Crippen LogP contribution >= 0.6 is 0 Å². The van der Waals surface area contributed by atoms with E-state index in [9.17, 15) is 34.2 Å². The minimum absolute atomic E-state index is 0.00549. The van der Waals surface area contributed by atoms with Crippen molar-refractivity contribution in [2.75, 3.05) is 38.4 Å². The molecule has 3 aliphatic carbocycles. The summed E-state index contributed by atoms with van der Waals surface area (Å²) >= 11 is 0. The fraction of sp³-hybridized carbons (Fsp3) is 0.433. The van der Waals surface area contributed by atoms with Crippen LogP contribution in [0.25, 0.3) is 0 Å². The van der Waals surface area contributed by atoms with E-state index in [-0.39, 0.29) is 24.2 Å². The van der Waals surface area contributed by atoms with E-state index in [1.807, 2.05) is 35.2 Å². The summed E-state index contributed by atoms with van der Waals surface area (Å²) in [6.07, 6.45) is 0.206. The van der Waals surface area contributed by atoms with E-state index in [0.717, 1.165) is 5.56 Å². The number of benzene rings is 2. The van der Waals surface area contributed by atoms with Crippen LogP contribution in [0.4, 0.5) is 11.4 Å². The quantitative estimate of drug-likeness (QED) is 0.288. The second kappa shape index (κ2) is 10.1. The SMILES string of the molecule is CN(C)c1cc(NCc2ccccc2)c(O)c2c1C[C@@H]1C[C@@H]3C(N(C)C)C(=O)C(C(N)=O)C(=O)[C@]3(O)C(=O)C1C2=O. The van der Waals surface area contributed by atoms with Crippen molar-refractivity contribution in [3.8, 4) is 5.75 Å². The van der Waals surface area contributed by atoms with Crippen LogP contribution in [0.1, 0.15) is 27.9 Å². The van der Waals surface area contributed by atoms with Gasteiger partial charge < -0.3 is 26.2 Å². The molecule has 2 fully saturated rings. The molecule has 5 rings (SSSR count). The molecule has 0 aliphatic heterocycles. The Morgan fingerprint density at radius 3 is 2.32 bits per heavy atom. The first-order valence-corrected chi connectivity index (χ1v) is 13.5. The molecule has 2 aromatic carbocycles. The van der Waals surface area contributed by atoms with Gasteiger partial charge in [-0.25, -0.2) is 0 Å². The summed E-state index contributed by atoms with van der Waals surface area (Å²) in [4.78, 5) is 70.2. The van der Waals surface area contributed by atoms with E-state index in [1.54, 1.807) is 34.3 Å². The van der Waals surface area contributed by atoms with E-state index < -0.39 is 64.4 Å². The van der Waals surface area contributed by atoms with Crippen LogP contribution in [-0.4, -0.2) is 84.0 Å². The zero-order valence-electron chi connectivity index (χ0n) is 23.4. The molecule has 2 saturated carbocycles. The highest BCUT2D eigenvalue weighted by Crippen LogP contribution is 2.52. The number of aliphatic hydroxyl groups is 1. The predicted molar refractivity (Wildman–Crippen MR) is 149 cm³/mol. The van der Waals surface area contributed by atoms with Gasteiger partial charge in [0.2, 0.25) is 5.91 Å². The van der Waals surface area contributed by atoms with Crippen LogP contribution in [-0.2, 0) is 32.1 Å². The van der Waals surface area contributed by atoms with Crippen LogP contribution in [0.5, 0.6) is 5.75 Å². The molecule has 2 aromatic rings. The third kappa shape index (κ3) is 4.22.